The molecular formula is C13H10ClF3N4O. The second-order valence-electron chi connectivity index (χ2n) is 5.31. The zero-order valence-corrected chi connectivity index (χ0v) is 11.9. The van der Waals surface area contributed by atoms with Gasteiger partial charge in [-0.3, -0.25) is 0 Å². The molecule has 3 atom stereocenters. The van der Waals surface area contributed by atoms with Crippen LogP contribution in [0.5, 0.6) is 0 Å². The number of nitrogens with zero attached hydrogens (tertiary/aromatic N) is 4. The third-order valence-electron chi connectivity index (χ3n) is 4.05. The fraction of sp³-hybridized carbons (Fsp3) is 0.462. The number of hydrogen-bond acceptors (Lipinski definition) is 5. The van der Waals surface area contributed by atoms with Gasteiger partial charge in [0.1, 0.15) is 17.5 Å². The second-order valence-corrected chi connectivity index (χ2v) is 5.67. The van der Waals surface area contributed by atoms with E-state index in [1.165, 1.54) is 6.20 Å². The number of aromatic nitrogens is 3. The minimum Gasteiger partial charge on any atom is -0.379 e. The Morgan fingerprint density at radius 3 is 2.95 bits per heavy atom. The zero-order chi connectivity index (χ0) is 15.4. The van der Waals surface area contributed by atoms with Crippen LogP contribution in [0.2, 0.25) is 5.15 Å². The van der Waals surface area contributed by atoms with E-state index in [0.717, 1.165) is 0 Å². The summed E-state index contributed by atoms with van der Waals surface area (Å²) < 4.78 is 46.9. The first-order valence-electron chi connectivity index (χ1n) is 6.73. The topological polar surface area (TPSA) is 51.1 Å². The molecule has 0 radical (unpaired) electrons. The molecule has 3 heterocycles. The maximum Gasteiger partial charge on any atom is 0.311 e. The van der Waals surface area contributed by atoms with Crippen molar-refractivity contribution in [3.8, 4) is 0 Å². The summed E-state index contributed by atoms with van der Waals surface area (Å²) >= 11 is 5.60. The van der Waals surface area contributed by atoms with Crippen molar-refractivity contribution in [1.82, 2.24) is 15.0 Å². The summed E-state index contributed by atoms with van der Waals surface area (Å²) in [6.07, 6.45) is -0.897. The Labute approximate surface area is 128 Å². The highest BCUT2D eigenvalue weighted by atomic mass is 35.5. The number of halogens is 4. The quantitative estimate of drug-likeness (QED) is 0.592. The minimum atomic E-state index is -1.10. The smallest absolute Gasteiger partial charge is 0.311 e. The van der Waals surface area contributed by atoms with Crippen molar-refractivity contribution in [3.63, 3.8) is 0 Å². The lowest BCUT2D eigenvalue weighted by atomic mass is 10.2. The van der Waals surface area contributed by atoms with Gasteiger partial charge in [0.05, 0.1) is 24.6 Å². The van der Waals surface area contributed by atoms with Crippen LogP contribution in [0.3, 0.4) is 0 Å². The van der Waals surface area contributed by atoms with Gasteiger partial charge in [0.25, 0.3) is 0 Å². The molecule has 2 aliphatic rings. The van der Waals surface area contributed by atoms with Crippen molar-refractivity contribution in [3.05, 3.63) is 23.2 Å². The number of anilines is 1. The van der Waals surface area contributed by atoms with E-state index in [9.17, 15) is 13.2 Å². The van der Waals surface area contributed by atoms with Crippen LogP contribution in [0.25, 0.3) is 10.9 Å². The van der Waals surface area contributed by atoms with Gasteiger partial charge in [-0.2, -0.15) is 14.4 Å². The molecule has 22 heavy (non-hydrogen) atoms. The number of hydrogen-bond donors (Lipinski definition) is 0. The molecule has 1 saturated carbocycles. The van der Waals surface area contributed by atoms with Gasteiger partial charge in [-0.1, -0.05) is 11.6 Å². The van der Waals surface area contributed by atoms with Gasteiger partial charge in [-0.25, -0.2) is 13.8 Å². The highest BCUT2D eigenvalue weighted by Gasteiger charge is 2.56. The summed E-state index contributed by atoms with van der Waals surface area (Å²) in [5, 5.41) is -0.202. The van der Waals surface area contributed by atoms with Crippen LogP contribution < -0.4 is 4.90 Å². The van der Waals surface area contributed by atoms with Gasteiger partial charge < -0.3 is 9.64 Å². The molecule has 1 aliphatic carbocycles. The van der Waals surface area contributed by atoms with E-state index in [4.69, 9.17) is 16.3 Å². The van der Waals surface area contributed by atoms with Gasteiger partial charge in [0.15, 0.2) is 11.0 Å². The third kappa shape index (κ3) is 2.01. The number of pyridine rings is 1. The average molecular weight is 331 g/mol. The monoisotopic (exact) mass is 330 g/mol. The largest absolute Gasteiger partial charge is 0.379 e. The predicted octanol–water partition coefficient (Wildman–Crippen LogP) is 2.13. The van der Waals surface area contributed by atoms with Gasteiger partial charge in [0, 0.05) is 18.7 Å². The van der Waals surface area contributed by atoms with Gasteiger partial charge in [-0.15, -0.1) is 0 Å². The molecule has 116 valence electrons. The zero-order valence-electron chi connectivity index (χ0n) is 11.1. The second kappa shape index (κ2) is 4.92. The predicted molar refractivity (Wildman–Crippen MR) is 72.6 cm³/mol. The Balaban J connectivity index is 1.89. The highest BCUT2D eigenvalue weighted by molar-refractivity contribution is 6.30. The van der Waals surface area contributed by atoms with Crippen LogP contribution >= 0.6 is 11.6 Å². The lowest BCUT2D eigenvalue weighted by Gasteiger charge is -2.23. The fourth-order valence-electron chi connectivity index (χ4n) is 2.90. The van der Waals surface area contributed by atoms with E-state index in [1.54, 1.807) is 4.90 Å². The molecule has 0 N–H and O–H groups in total. The van der Waals surface area contributed by atoms with Crippen molar-refractivity contribution in [2.75, 3.05) is 24.7 Å². The van der Waals surface area contributed by atoms with Crippen LogP contribution in [0.15, 0.2) is 6.20 Å². The molecule has 5 nitrogen and oxygen atoms in total. The van der Waals surface area contributed by atoms with Crippen LogP contribution in [-0.4, -0.2) is 46.9 Å². The highest BCUT2D eigenvalue weighted by Crippen LogP contribution is 2.44. The van der Waals surface area contributed by atoms with Crippen molar-refractivity contribution >= 4 is 28.3 Å². The van der Waals surface area contributed by atoms with E-state index in [0.29, 0.717) is 19.8 Å². The van der Waals surface area contributed by atoms with Gasteiger partial charge in [0.2, 0.25) is 0 Å². The molecule has 0 amide bonds. The fourth-order valence-corrected chi connectivity index (χ4v) is 3.04. The molecule has 2 fully saturated rings. The molecule has 4 rings (SSSR count). The van der Waals surface area contributed by atoms with Gasteiger partial charge in [-0.05, 0) is 0 Å². The first-order chi connectivity index (χ1) is 10.6. The Morgan fingerprint density at radius 2 is 2.14 bits per heavy atom. The molecule has 1 aliphatic heterocycles. The SMILES string of the molecule is Fc1nc(N2CCOC[C@H]3[C@H](F)[C@H]32)c2cnc(Cl)c(F)c2n1. The maximum atomic E-state index is 14.0. The Hall–Kier alpha value is -1.67. The molecule has 2 aromatic heterocycles. The number of fused-ring (bicyclic) bond motifs is 2. The van der Waals surface area contributed by atoms with Crippen LogP contribution in [0, 0.1) is 17.8 Å². The van der Waals surface area contributed by atoms with Gasteiger partial charge >= 0.3 is 6.08 Å². The van der Waals surface area contributed by atoms with Crippen molar-refractivity contribution < 1.29 is 17.9 Å². The van der Waals surface area contributed by atoms with E-state index < -0.39 is 29.3 Å². The number of ether oxygens (including phenoxy) is 1. The third-order valence-corrected chi connectivity index (χ3v) is 4.31. The summed E-state index contributed by atoms with van der Waals surface area (Å²) in [6.45, 7) is 1.000. The molecule has 2 aromatic rings. The molecule has 0 spiro atoms. The van der Waals surface area contributed by atoms with E-state index in [-0.39, 0.29) is 22.6 Å². The standard InChI is InChI=1S/C13H10ClF3N4O/c14-11-8(16)9-5(3-18-11)12(20-13(17)19-9)21-1-2-22-4-6-7(15)10(6)21/h3,6-7,10H,1-2,4H2/t6-,7-,10-/m0/s1. The molecule has 9 heteroatoms. The Morgan fingerprint density at radius 1 is 1.32 bits per heavy atom. The normalized spacial score (nSPS) is 27.6. The Bertz CT molecular complexity index is 762. The average Bonchev–Trinajstić information content (AvgIpc) is 3.18. The summed E-state index contributed by atoms with van der Waals surface area (Å²) in [7, 11) is 0. The lowest BCUT2D eigenvalue weighted by molar-refractivity contribution is 0.130. The van der Waals surface area contributed by atoms with E-state index in [1.807, 2.05) is 0 Å². The summed E-state index contributed by atoms with van der Waals surface area (Å²) in [4.78, 5) is 12.5. The van der Waals surface area contributed by atoms with E-state index in [2.05, 4.69) is 15.0 Å². The number of alkyl halides is 1. The number of rotatable bonds is 1. The molecular weight excluding hydrogens is 321 g/mol. The summed E-state index contributed by atoms with van der Waals surface area (Å²) in [6, 6.07) is -0.446. The van der Waals surface area contributed by atoms with Crippen LogP contribution in [-0.2, 0) is 4.74 Å². The van der Waals surface area contributed by atoms with Crippen molar-refractivity contribution in [2.45, 2.75) is 12.2 Å². The van der Waals surface area contributed by atoms with Crippen molar-refractivity contribution in [1.29, 1.82) is 0 Å². The van der Waals surface area contributed by atoms with E-state index >= 15 is 0 Å². The Kier molecular flexibility index (Phi) is 3.12. The lowest BCUT2D eigenvalue weighted by Crippen LogP contribution is -2.31. The van der Waals surface area contributed by atoms with Crippen molar-refractivity contribution in [2.24, 2.45) is 5.92 Å². The molecule has 0 unspecified atom stereocenters. The first kappa shape index (κ1) is 14.0. The minimum absolute atomic E-state index is 0.117. The summed E-state index contributed by atoms with van der Waals surface area (Å²) in [5.74, 6) is -1.08. The molecule has 1 saturated heterocycles. The maximum absolute atomic E-state index is 14.0. The van der Waals surface area contributed by atoms with Crippen LogP contribution in [0.1, 0.15) is 0 Å². The first-order valence-corrected chi connectivity index (χ1v) is 7.11. The molecule has 0 bridgehead atoms. The summed E-state index contributed by atoms with van der Waals surface area (Å²) in [5.41, 5.74) is -0.264. The molecule has 0 aromatic carbocycles. The van der Waals surface area contributed by atoms with Crippen LogP contribution in [0.4, 0.5) is 19.0 Å².